The SMILES string of the molecule is C[CH]C12CCC(C(=O)O)(CC1)C2. The molecular weight excluding hydrogens is 152 g/mol. The lowest BCUT2D eigenvalue weighted by atomic mass is 9.81. The molecule has 2 nitrogen and oxygen atoms in total. The highest BCUT2D eigenvalue weighted by Gasteiger charge is 2.57. The molecule has 0 amide bonds. The van der Waals surface area contributed by atoms with E-state index in [0.717, 1.165) is 32.1 Å². The van der Waals surface area contributed by atoms with Crippen molar-refractivity contribution in [2.45, 2.75) is 39.0 Å². The second kappa shape index (κ2) is 2.24. The number of hydrogen-bond donors (Lipinski definition) is 1. The molecule has 0 aromatic carbocycles. The molecule has 67 valence electrons. The normalized spacial score (nSPS) is 45.1. The minimum atomic E-state index is -0.566. The molecule has 2 rings (SSSR count). The molecule has 2 aliphatic rings. The van der Waals surface area contributed by atoms with E-state index in [1.54, 1.807) is 0 Å². The van der Waals surface area contributed by atoms with Gasteiger partial charge in [0, 0.05) is 0 Å². The van der Waals surface area contributed by atoms with E-state index in [2.05, 4.69) is 13.3 Å². The molecule has 0 unspecified atom stereocenters. The molecular formula is C10H15O2. The zero-order chi connectivity index (χ0) is 8.82. The Bertz CT molecular complexity index is 212. The van der Waals surface area contributed by atoms with Crippen LogP contribution in [-0.2, 0) is 4.79 Å². The lowest BCUT2D eigenvalue weighted by Gasteiger charge is -2.24. The molecule has 0 heterocycles. The largest absolute Gasteiger partial charge is 0.481 e. The Hall–Kier alpha value is -0.530. The van der Waals surface area contributed by atoms with Crippen LogP contribution < -0.4 is 0 Å². The Morgan fingerprint density at radius 3 is 2.17 bits per heavy atom. The van der Waals surface area contributed by atoms with Crippen molar-refractivity contribution in [3.63, 3.8) is 0 Å². The van der Waals surface area contributed by atoms with E-state index < -0.39 is 5.97 Å². The molecule has 2 aliphatic carbocycles. The van der Waals surface area contributed by atoms with Crippen LogP contribution >= 0.6 is 0 Å². The second-order valence-corrected chi connectivity index (χ2v) is 4.41. The van der Waals surface area contributed by atoms with Gasteiger partial charge in [0.15, 0.2) is 0 Å². The summed E-state index contributed by atoms with van der Waals surface area (Å²) >= 11 is 0. The van der Waals surface area contributed by atoms with Gasteiger partial charge in [0.05, 0.1) is 5.41 Å². The van der Waals surface area contributed by atoms with Crippen molar-refractivity contribution in [1.82, 2.24) is 0 Å². The van der Waals surface area contributed by atoms with Crippen LogP contribution in [0.2, 0.25) is 0 Å². The van der Waals surface area contributed by atoms with Gasteiger partial charge >= 0.3 is 5.97 Å². The molecule has 12 heavy (non-hydrogen) atoms. The summed E-state index contributed by atoms with van der Waals surface area (Å²) in [6.45, 7) is 2.07. The van der Waals surface area contributed by atoms with Gasteiger partial charge in [-0.3, -0.25) is 4.79 Å². The molecule has 2 fully saturated rings. The lowest BCUT2D eigenvalue weighted by Crippen LogP contribution is -2.25. The van der Waals surface area contributed by atoms with Gasteiger partial charge in [0.25, 0.3) is 0 Å². The third-order valence-electron chi connectivity index (χ3n) is 3.96. The summed E-state index contributed by atoms with van der Waals surface area (Å²) in [4.78, 5) is 11.0. The highest BCUT2D eigenvalue weighted by Crippen LogP contribution is 2.62. The smallest absolute Gasteiger partial charge is 0.309 e. The molecule has 2 saturated carbocycles. The van der Waals surface area contributed by atoms with Crippen LogP contribution in [0.5, 0.6) is 0 Å². The van der Waals surface area contributed by atoms with Crippen molar-refractivity contribution < 1.29 is 9.90 Å². The topological polar surface area (TPSA) is 37.3 Å². The van der Waals surface area contributed by atoms with Gasteiger partial charge in [-0.2, -0.15) is 0 Å². The first-order valence-corrected chi connectivity index (χ1v) is 4.67. The van der Waals surface area contributed by atoms with Crippen LogP contribution in [0.4, 0.5) is 0 Å². The Morgan fingerprint density at radius 2 is 1.92 bits per heavy atom. The van der Waals surface area contributed by atoms with Gasteiger partial charge in [-0.1, -0.05) is 6.92 Å². The van der Waals surface area contributed by atoms with Gasteiger partial charge in [0.1, 0.15) is 0 Å². The van der Waals surface area contributed by atoms with Gasteiger partial charge < -0.3 is 5.11 Å². The van der Waals surface area contributed by atoms with Crippen LogP contribution in [0.1, 0.15) is 39.0 Å². The Kier molecular flexibility index (Phi) is 1.51. The van der Waals surface area contributed by atoms with Gasteiger partial charge in [-0.05, 0) is 43.9 Å². The van der Waals surface area contributed by atoms with Crippen LogP contribution in [0, 0.1) is 17.3 Å². The summed E-state index contributed by atoms with van der Waals surface area (Å²) in [6, 6.07) is 0. The Balaban J connectivity index is 2.23. The van der Waals surface area contributed by atoms with Crippen molar-refractivity contribution in [3.8, 4) is 0 Å². The fourth-order valence-electron chi connectivity index (χ4n) is 2.93. The third kappa shape index (κ3) is 0.838. The number of fused-ring (bicyclic) bond motifs is 2. The highest BCUT2D eigenvalue weighted by molar-refractivity contribution is 5.76. The summed E-state index contributed by atoms with van der Waals surface area (Å²) in [7, 11) is 0. The maximum atomic E-state index is 11.0. The van der Waals surface area contributed by atoms with Crippen LogP contribution in [0.15, 0.2) is 0 Å². The standard InChI is InChI=1S/C10H15O2/c1-2-9-3-5-10(7-9,6-4-9)8(11)12/h2H,3-7H2,1H3,(H,11,12). The van der Waals surface area contributed by atoms with Crippen molar-refractivity contribution in [2.75, 3.05) is 0 Å². The predicted octanol–water partition coefficient (Wildman–Crippen LogP) is 2.25. The third-order valence-corrected chi connectivity index (χ3v) is 3.96. The number of rotatable bonds is 2. The number of aliphatic carboxylic acids is 1. The molecule has 2 bridgehead atoms. The van der Waals surface area contributed by atoms with E-state index in [0.29, 0.717) is 5.41 Å². The fraction of sp³-hybridized carbons (Fsp3) is 0.800. The maximum absolute atomic E-state index is 11.0. The molecule has 0 aromatic heterocycles. The van der Waals surface area contributed by atoms with Crippen molar-refractivity contribution in [3.05, 3.63) is 6.42 Å². The molecule has 1 radical (unpaired) electrons. The number of carboxylic acids is 1. The maximum Gasteiger partial charge on any atom is 0.309 e. The van der Waals surface area contributed by atoms with E-state index in [4.69, 9.17) is 5.11 Å². The minimum absolute atomic E-state index is 0.290. The molecule has 0 atom stereocenters. The predicted molar refractivity (Wildman–Crippen MR) is 45.6 cm³/mol. The monoisotopic (exact) mass is 167 g/mol. The summed E-state index contributed by atoms with van der Waals surface area (Å²) in [5.74, 6) is -0.566. The molecule has 0 spiro atoms. The van der Waals surface area contributed by atoms with Crippen LogP contribution in [0.25, 0.3) is 0 Å². The summed E-state index contributed by atoms with van der Waals surface area (Å²) in [5.41, 5.74) is -0.0507. The van der Waals surface area contributed by atoms with E-state index in [1.807, 2.05) is 0 Å². The number of carbonyl (C=O) groups is 1. The first-order chi connectivity index (χ1) is 5.63. The summed E-state index contributed by atoms with van der Waals surface area (Å²) < 4.78 is 0. The second-order valence-electron chi connectivity index (χ2n) is 4.41. The van der Waals surface area contributed by atoms with Gasteiger partial charge in [-0.25, -0.2) is 0 Å². The number of carboxylic acid groups (broad SMARTS) is 1. The van der Waals surface area contributed by atoms with Gasteiger partial charge in [0.2, 0.25) is 0 Å². The first-order valence-electron chi connectivity index (χ1n) is 4.67. The quantitative estimate of drug-likeness (QED) is 0.684. The average molecular weight is 167 g/mol. The highest BCUT2D eigenvalue weighted by atomic mass is 16.4. The molecule has 1 N–H and O–H groups in total. The Morgan fingerprint density at radius 1 is 1.33 bits per heavy atom. The summed E-state index contributed by atoms with van der Waals surface area (Å²) in [6.07, 6.45) is 7.10. The fourth-order valence-corrected chi connectivity index (χ4v) is 2.93. The summed E-state index contributed by atoms with van der Waals surface area (Å²) in [5, 5.41) is 9.09. The van der Waals surface area contributed by atoms with Gasteiger partial charge in [-0.15, -0.1) is 0 Å². The van der Waals surface area contributed by atoms with E-state index in [-0.39, 0.29) is 5.41 Å². The van der Waals surface area contributed by atoms with Crippen molar-refractivity contribution in [1.29, 1.82) is 0 Å². The average Bonchev–Trinajstić information content (AvgIpc) is 2.61. The van der Waals surface area contributed by atoms with E-state index in [1.165, 1.54) is 0 Å². The van der Waals surface area contributed by atoms with E-state index in [9.17, 15) is 4.79 Å². The zero-order valence-electron chi connectivity index (χ0n) is 7.47. The van der Waals surface area contributed by atoms with Crippen molar-refractivity contribution in [2.24, 2.45) is 10.8 Å². The van der Waals surface area contributed by atoms with Crippen LogP contribution in [0.3, 0.4) is 0 Å². The van der Waals surface area contributed by atoms with Crippen molar-refractivity contribution >= 4 is 5.97 Å². The van der Waals surface area contributed by atoms with Crippen LogP contribution in [-0.4, -0.2) is 11.1 Å². The molecule has 0 aliphatic heterocycles. The minimum Gasteiger partial charge on any atom is -0.481 e. The zero-order valence-corrected chi connectivity index (χ0v) is 7.47. The molecule has 2 heteroatoms. The van der Waals surface area contributed by atoms with E-state index >= 15 is 0 Å². The molecule has 0 saturated heterocycles. The molecule has 0 aromatic rings. The lowest BCUT2D eigenvalue weighted by molar-refractivity contribution is -0.148. The Labute approximate surface area is 73.0 Å². The first kappa shape index (κ1) is 8.09. The number of hydrogen-bond acceptors (Lipinski definition) is 1.